The highest BCUT2D eigenvalue weighted by atomic mass is 35.5. The summed E-state index contributed by atoms with van der Waals surface area (Å²) in [6.07, 6.45) is 2.74. The maximum Gasteiger partial charge on any atom is 0.399 e. The molecule has 1 atom stereocenters. The van der Waals surface area contributed by atoms with Gasteiger partial charge in [-0.25, -0.2) is 8.78 Å². The van der Waals surface area contributed by atoms with Crippen molar-refractivity contribution in [1.82, 2.24) is 10.3 Å². The van der Waals surface area contributed by atoms with Crippen LogP contribution in [0.3, 0.4) is 0 Å². The molecule has 2 aromatic rings. The lowest BCUT2D eigenvalue weighted by Gasteiger charge is -2.21. The van der Waals surface area contributed by atoms with E-state index in [0.29, 0.717) is 5.56 Å². The SMILES string of the molecule is O=C(N[C@H](c1cccnc1)c1ccc(F)c(F)c1)C(F)(F)Cl. The molecule has 0 saturated carbocycles. The van der Waals surface area contributed by atoms with Crippen molar-refractivity contribution in [2.24, 2.45) is 0 Å². The van der Waals surface area contributed by atoms with Crippen LogP contribution < -0.4 is 5.32 Å². The molecule has 22 heavy (non-hydrogen) atoms. The maximum absolute atomic E-state index is 13.3. The molecule has 0 aliphatic rings. The van der Waals surface area contributed by atoms with Gasteiger partial charge in [-0.05, 0) is 40.9 Å². The molecule has 0 saturated heterocycles. The van der Waals surface area contributed by atoms with Crippen LogP contribution in [0.2, 0.25) is 0 Å². The van der Waals surface area contributed by atoms with Crippen LogP contribution in [0.15, 0.2) is 42.7 Å². The largest absolute Gasteiger partial charge is 0.399 e. The molecule has 1 aromatic carbocycles. The van der Waals surface area contributed by atoms with Gasteiger partial charge in [0.2, 0.25) is 0 Å². The van der Waals surface area contributed by atoms with Gasteiger partial charge in [0.25, 0.3) is 0 Å². The zero-order valence-corrected chi connectivity index (χ0v) is 11.6. The first-order valence-electron chi connectivity index (χ1n) is 6.01. The van der Waals surface area contributed by atoms with Gasteiger partial charge in [-0.15, -0.1) is 0 Å². The Morgan fingerprint density at radius 2 is 1.91 bits per heavy atom. The quantitative estimate of drug-likeness (QED) is 0.689. The molecule has 116 valence electrons. The third kappa shape index (κ3) is 3.73. The molecular weight excluding hydrogens is 324 g/mol. The standard InChI is InChI=1S/C14H9ClF4N2O/c15-14(18,19)13(22)21-12(9-2-1-5-20-7-9)8-3-4-10(16)11(17)6-8/h1-7,12H,(H,21,22)/t12-/m0/s1. The summed E-state index contributed by atoms with van der Waals surface area (Å²) >= 11 is 4.66. The van der Waals surface area contributed by atoms with Crippen molar-refractivity contribution in [2.75, 3.05) is 0 Å². The number of carbonyl (C=O) groups is 1. The lowest BCUT2D eigenvalue weighted by atomic mass is 10.00. The van der Waals surface area contributed by atoms with E-state index in [1.165, 1.54) is 30.6 Å². The molecule has 0 bridgehead atoms. The van der Waals surface area contributed by atoms with E-state index < -0.39 is 29.0 Å². The lowest BCUT2D eigenvalue weighted by molar-refractivity contribution is -0.136. The van der Waals surface area contributed by atoms with Crippen LogP contribution in [0.1, 0.15) is 17.2 Å². The molecule has 1 amide bonds. The fraction of sp³-hybridized carbons (Fsp3) is 0.143. The van der Waals surface area contributed by atoms with Gasteiger partial charge in [0, 0.05) is 12.4 Å². The van der Waals surface area contributed by atoms with E-state index in [4.69, 9.17) is 0 Å². The first-order chi connectivity index (χ1) is 10.3. The Kier molecular flexibility index (Phi) is 4.65. The Morgan fingerprint density at radius 3 is 2.45 bits per heavy atom. The van der Waals surface area contributed by atoms with Gasteiger partial charge in [0.15, 0.2) is 11.6 Å². The van der Waals surface area contributed by atoms with E-state index >= 15 is 0 Å². The number of aromatic nitrogens is 1. The van der Waals surface area contributed by atoms with Crippen molar-refractivity contribution >= 4 is 17.5 Å². The molecule has 1 heterocycles. The fourth-order valence-corrected chi connectivity index (χ4v) is 1.87. The number of pyridine rings is 1. The van der Waals surface area contributed by atoms with Crippen LogP contribution in [0.4, 0.5) is 17.6 Å². The van der Waals surface area contributed by atoms with E-state index in [-0.39, 0.29) is 5.56 Å². The Morgan fingerprint density at radius 1 is 1.18 bits per heavy atom. The van der Waals surface area contributed by atoms with Gasteiger partial charge in [-0.3, -0.25) is 9.78 Å². The zero-order valence-electron chi connectivity index (χ0n) is 10.9. The Bertz CT molecular complexity index is 676. The van der Waals surface area contributed by atoms with Crippen LogP contribution in [0.5, 0.6) is 0 Å². The number of benzene rings is 1. The first-order valence-corrected chi connectivity index (χ1v) is 6.39. The predicted molar refractivity (Wildman–Crippen MR) is 71.4 cm³/mol. The predicted octanol–water partition coefficient (Wildman–Crippen LogP) is 3.40. The van der Waals surface area contributed by atoms with Crippen molar-refractivity contribution in [3.05, 3.63) is 65.5 Å². The average molecular weight is 333 g/mol. The Hall–Kier alpha value is -2.15. The van der Waals surface area contributed by atoms with Crippen molar-refractivity contribution in [3.63, 3.8) is 0 Å². The summed E-state index contributed by atoms with van der Waals surface area (Å²) in [7, 11) is 0. The fourth-order valence-electron chi connectivity index (χ4n) is 1.81. The van der Waals surface area contributed by atoms with Gasteiger partial charge in [0.05, 0.1) is 6.04 Å². The summed E-state index contributed by atoms with van der Waals surface area (Å²) in [6.45, 7) is 0. The van der Waals surface area contributed by atoms with E-state index in [9.17, 15) is 22.4 Å². The third-order valence-electron chi connectivity index (χ3n) is 2.83. The van der Waals surface area contributed by atoms with Gasteiger partial charge in [0.1, 0.15) is 0 Å². The van der Waals surface area contributed by atoms with E-state index in [1.54, 1.807) is 0 Å². The molecule has 8 heteroatoms. The highest BCUT2D eigenvalue weighted by molar-refractivity contribution is 6.32. The van der Waals surface area contributed by atoms with Gasteiger partial charge >= 0.3 is 11.3 Å². The molecule has 1 aromatic heterocycles. The number of amides is 1. The smallest absolute Gasteiger partial charge is 0.339 e. The van der Waals surface area contributed by atoms with Crippen LogP contribution in [-0.2, 0) is 4.79 Å². The average Bonchev–Trinajstić information content (AvgIpc) is 2.47. The van der Waals surface area contributed by atoms with E-state index in [2.05, 4.69) is 16.6 Å². The second-order valence-electron chi connectivity index (χ2n) is 4.36. The number of halogens is 5. The second-order valence-corrected chi connectivity index (χ2v) is 4.84. The summed E-state index contributed by atoms with van der Waals surface area (Å²) < 4.78 is 52.1. The number of carbonyl (C=O) groups excluding carboxylic acids is 1. The molecule has 2 rings (SSSR count). The van der Waals surface area contributed by atoms with Gasteiger partial charge in [-0.2, -0.15) is 8.78 Å². The summed E-state index contributed by atoms with van der Waals surface area (Å²) in [4.78, 5) is 15.2. The molecular formula is C14H9ClF4N2O. The normalized spacial score (nSPS) is 12.8. The molecule has 0 spiro atoms. The van der Waals surface area contributed by atoms with Crippen molar-refractivity contribution in [3.8, 4) is 0 Å². The minimum absolute atomic E-state index is 0.0705. The Labute approximate surface area is 127 Å². The molecule has 0 radical (unpaired) electrons. The van der Waals surface area contributed by atoms with Gasteiger partial charge < -0.3 is 5.32 Å². The van der Waals surface area contributed by atoms with Crippen LogP contribution in [0.25, 0.3) is 0 Å². The molecule has 1 N–H and O–H groups in total. The van der Waals surface area contributed by atoms with Crippen LogP contribution in [-0.4, -0.2) is 16.3 Å². The lowest BCUT2D eigenvalue weighted by Crippen LogP contribution is -2.39. The Balaban J connectivity index is 2.42. The van der Waals surface area contributed by atoms with Crippen molar-refractivity contribution in [1.29, 1.82) is 0 Å². The number of nitrogens with one attached hydrogen (secondary N) is 1. The van der Waals surface area contributed by atoms with Crippen molar-refractivity contribution in [2.45, 2.75) is 11.4 Å². The maximum atomic E-state index is 13.3. The molecule has 3 nitrogen and oxygen atoms in total. The van der Waals surface area contributed by atoms with Crippen molar-refractivity contribution < 1.29 is 22.4 Å². The van der Waals surface area contributed by atoms with E-state index in [1.807, 2.05) is 5.32 Å². The number of hydrogen-bond donors (Lipinski definition) is 1. The molecule has 0 fully saturated rings. The number of nitrogens with zero attached hydrogens (tertiary/aromatic N) is 1. The summed E-state index contributed by atoms with van der Waals surface area (Å²) in [6, 6.07) is 4.65. The third-order valence-corrected chi connectivity index (χ3v) is 3.00. The monoisotopic (exact) mass is 332 g/mol. The van der Waals surface area contributed by atoms with Crippen LogP contribution in [0, 0.1) is 11.6 Å². The molecule has 0 unspecified atom stereocenters. The van der Waals surface area contributed by atoms with Crippen LogP contribution >= 0.6 is 11.6 Å². The minimum Gasteiger partial charge on any atom is -0.339 e. The number of hydrogen-bond acceptors (Lipinski definition) is 2. The van der Waals surface area contributed by atoms with Gasteiger partial charge in [-0.1, -0.05) is 12.1 Å². The second kappa shape index (κ2) is 6.31. The number of rotatable bonds is 4. The highest BCUT2D eigenvalue weighted by Crippen LogP contribution is 2.26. The molecule has 0 aliphatic heterocycles. The summed E-state index contributed by atoms with van der Waals surface area (Å²) in [5, 5.41) is -2.14. The highest BCUT2D eigenvalue weighted by Gasteiger charge is 2.37. The minimum atomic E-state index is -4.13. The van der Waals surface area contributed by atoms with E-state index in [0.717, 1.165) is 12.1 Å². The first kappa shape index (κ1) is 16.2. The zero-order chi connectivity index (χ0) is 16.3. The topological polar surface area (TPSA) is 42.0 Å². The summed E-state index contributed by atoms with van der Waals surface area (Å²) in [5.41, 5.74) is 0.379. The molecule has 0 aliphatic carbocycles. The number of alkyl halides is 3. The summed E-state index contributed by atoms with van der Waals surface area (Å²) in [5.74, 6) is -4.02.